The van der Waals surface area contributed by atoms with Crippen molar-refractivity contribution in [3.8, 4) is 0 Å². The molecule has 0 aromatic carbocycles. The van der Waals surface area contributed by atoms with Crippen LogP contribution in [0.15, 0.2) is 6.20 Å². The van der Waals surface area contributed by atoms with E-state index in [-0.39, 0.29) is 5.95 Å². The summed E-state index contributed by atoms with van der Waals surface area (Å²) >= 11 is 5.99. The van der Waals surface area contributed by atoms with Crippen LogP contribution in [-0.4, -0.2) is 23.1 Å². The van der Waals surface area contributed by atoms with Gasteiger partial charge in [0.25, 0.3) is 0 Å². The maximum Gasteiger partial charge on any atom is 0.221 e. The minimum absolute atomic E-state index is 0.232. The van der Waals surface area contributed by atoms with Crippen LogP contribution in [0, 0.1) is 0 Å². The predicted octanol–water partition coefficient (Wildman–Crippen LogP) is 1.70. The molecule has 1 aliphatic heterocycles. The standard InChI is InChI=1S/C9H13ClN4/c10-8-7(6-12-9(11)13-8)14-4-2-1-3-5-14/h6H,1-5H2,(H2,11,12,13). The van der Waals surface area contributed by atoms with Gasteiger partial charge < -0.3 is 10.6 Å². The van der Waals surface area contributed by atoms with Crippen molar-refractivity contribution in [2.75, 3.05) is 23.7 Å². The molecule has 0 radical (unpaired) electrons. The number of anilines is 2. The molecule has 1 aromatic heterocycles. The summed E-state index contributed by atoms with van der Waals surface area (Å²) in [6, 6.07) is 0. The van der Waals surface area contributed by atoms with E-state index in [2.05, 4.69) is 14.9 Å². The van der Waals surface area contributed by atoms with Gasteiger partial charge in [0.1, 0.15) is 0 Å². The average Bonchev–Trinajstić information content (AvgIpc) is 2.19. The first-order valence-corrected chi connectivity index (χ1v) is 5.18. The highest BCUT2D eigenvalue weighted by molar-refractivity contribution is 6.32. The summed E-state index contributed by atoms with van der Waals surface area (Å²) in [5.74, 6) is 0.232. The minimum Gasteiger partial charge on any atom is -0.368 e. The lowest BCUT2D eigenvalue weighted by Gasteiger charge is -2.28. The van der Waals surface area contributed by atoms with E-state index in [0.29, 0.717) is 5.15 Å². The molecule has 0 amide bonds. The summed E-state index contributed by atoms with van der Waals surface area (Å²) < 4.78 is 0. The van der Waals surface area contributed by atoms with Crippen molar-refractivity contribution in [3.05, 3.63) is 11.3 Å². The Bertz CT molecular complexity index is 323. The molecule has 2 N–H and O–H groups in total. The van der Waals surface area contributed by atoms with Crippen LogP contribution in [0.4, 0.5) is 11.6 Å². The Morgan fingerprint density at radius 2 is 2.00 bits per heavy atom. The molecule has 76 valence electrons. The Labute approximate surface area is 88.1 Å². The molecular weight excluding hydrogens is 200 g/mol. The second-order valence-corrected chi connectivity index (χ2v) is 3.81. The molecule has 0 spiro atoms. The molecule has 1 saturated heterocycles. The first-order chi connectivity index (χ1) is 6.77. The van der Waals surface area contributed by atoms with Crippen LogP contribution in [0.2, 0.25) is 5.15 Å². The predicted molar refractivity (Wildman–Crippen MR) is 57.5 cm³/mol. The first-order valence-electron chi connectivity index (χ1n) is 4.80. The first kappa shape index (κ1) is 9.52. The van der Waals surface area contributed by atoms with E-state index in [1.807, 2.05) is 0 Å². The smallest absolute Gasteiger partial charge is 0.221 e. The van der Waals surface area contributed by atoms with Gasteiger partial charge in [-0.15, -0.1) is 0 Å². The lowest BCUT2D eigenvalue weighted by molar-refractivity contribution is 0.577. The van der Waals surface area contributed by atoms with Crippen LogP contribution in [-0.2, 0) is 0 Å². The highest BCUT2D eigenvalue weighted by atomic mass is 35.5. The van der Waals surface area contributed by atoms with Crippen LogP contribution >= 0.6 is 11.6 Å². The molecule has 4 nitrogen and oxygen atoms in total. The van der Waals surface area contributed by atoms with Gasteiger partial charge in [0.15, 0.2) is 5.15 Å². The lowest BCUT2D eigenvalue weighted by Crippen LogP contribution is -2.29. The fourth-order valence-electron chi connectivity index (χ4n) is 1.71. The summed E-state index contributed by atoms with van der Waals surface area (Å²) in [6.45, 7) is 2.07. The summed E-state index contributed by atoms with van der Waals surface area (Å²) in [7, 11) is 0. The molecule has 0 aliphatic carbocycles. The quantitative estimate of drug-likeness (QED) is 0.720. The third kappa shape index (κ3) is 1.90. The minimum atomic E-state index is 0.232. The summed E-state index contributed by atoms with van der Waals surface area (Å²) in [5.41, 5.74) is 6.34. The molecule has 14 heavy (non-hydrogen) atoms. The fraction of sp³-hybridized carbons (Fsp3) is 0.556. The number of aromatic nitrogens is 2. The molecule has 1 fully saturated rings. The van der Waals surface area contributed by atoms with Crippen molar-refractivity contribution < 1.29 is 0 Å². The third-order valence-electron chi connectivity index (χ3n) is 2.44. The molecule has 5 heteroatoms. The Morgan fingerprint density at radius 1 is 1.29 bits per heavy atom. The third-order valence-corrected chi connectivity index (χ3v) is 2.72. The number of nitrogens with zero attached hydrogens (tertiary/aromatic N) is 3. The van der Waals surface area contributed by atoms with Gasteiger partial charge in [-0.25, -0.2) is 4.98 Å². The number of nitrogens with two attached hydrogens (primary N) is 1. The van der Waals surface area contributed by atoms with Gasteiger partial charge in [0.2, 0.25) is 5.95 Å². The van der Waals surface area contributed by atoms with Crippen LogP contribution in [0.5, 0.6) is 0 Å². The van der Waals surface area contributed by atoms with Crippen molar-refractivity contribution in [1.82, 2.24) is 9.97 Å². The molecular formula is C9H13ClN4. The average molecular weight is 213 g/mol. The van der Waals surface area contributed by atoms with E-state index in [9.17, 15) is 0 Å². The lowest BCUT2D eigenvalue weighted by atomic mass is 10.1. The maximum absolute atomic E-state index is 5.99. The summed E-state index contributed by atoms with van der Waals surface area (Å²) in [6.07, 6.45) is 5.42. The zero-order valence-corrected chi connectivity index (χ0v) is 8.67. The van der Waals surface area contributed by atoms with E-state index < -0.39 is 0 Å². The molecule has 0 bridgehead atoms. The molecule has 0 atom stereocenters. The normalized spacial score (nSPS) is 17.1. The Balaban J connectivity index is 2.22. The van der Waals surface area contributed by atoms with E-state index in [0.717, 1.165) is 18.8 Å². The fourth-order valence-corrected chi connectivity index (χ4v) is 1.97. The van der Waals surface area contributed by atoms with Gasteiger partial charge in [0.05, 0.1) is 11.9 Å². The molecule has 1 aliphatic rings. The largest absolute Gasteiger partial charge is 0.368 e. The monoisotopic (exact) mass is 212 g/mol. The second kappa shape index (κ2) is 4.00. The van der Waals surface area contributed by atoms with Gasteiger partial charge in [0, 0.05) is 13.1 Å². The van der Waals surface area contributed by atoms with E-state index >= 15 is 0 Å². The van der Waals surface area contributed by atoms with Crippen molar-refractivity contribution >= 4 is 23.2 Å². The Morgan fingerprint density at radius 3 is 2.64 bits per heavy atom. The van der Waals surface area contributed by atoms with Gasteiger partial charge in [-0.1, -0.05) is 11.6 Å². The summed E-state index contributed by atoms with van der Waals surface area (Å²) in [5, 5.41) is 0.458. The zero-order chi connectivity index (χ0) is 9.97. The summed E-state index contributed by atoms with van der Waals surface area (Å²) in [4.78, 5) is 10.1. The van der Waals surface area contributed by atoms with Gasteiger partial charge >= 0.3 is 0 Å². The Hall–Kier alpha value is -1.03. The maximum atomic E-state index is 5.99. The number of rotatable bonds is 1. The number of nitrogen functional groups attached to an aromatic ring is 1. The van der Waals surface area contributed by atoms with E-state index in [4.69, 9.17) is 17.3 Å². The van der Waals surface area contributed by atoms with Crippen LogP contribution < -0.4 is 10.6 Å². The van der Waals surface area contributed by atoms with E-state index in [1.165, 1.54) is 19.3 Å². The van der Waals surface area contributed by atoms with Crippen molar-refractivity contribution in [2.24, 2.45) is 0 Å². The highest BCUT2D eigenvalue weighted by Gasteiger charge is 2.14. The molecule has 0 unspecified atom stereocenters. The van der Waals surface area contributed by atoms with Gasteiger partial charge in [-0.05, 0) is 19.3 Å². The number of halogens is 1. The van der Waals surface area contributed by atoms with Gasteiger partial charge in [-0.2, -0.15) is 4.98 Å². The molecule has 0 saturated carbocycles. The van der Waals surface area contributed by atoms with Crippen molar-refractivity contribution in [3.63, 3.8) is 0 Å². The number of hydrogen-bond acceptors (Lipinski definition) is 4. The van der Waals surface area contributed by atoms with Gasteiger partial charge in [-0.3, -0.25) is 0 Å². The molecule has 2 heterocycles. The van der Waals surface area contributed by atoms with Crippen LogP contribution in [0.3, 0.4) is 0 Å². The highest BCUT2D eigenvalue weighted by Crippen LogP contribution is 2.25. The van der Waals surface area contributed by atoms with Crippen molar-refractivity contribution in [2.45, 2.75) is 19.3 Å². The Kier molecular flexibility index (Phi) is 2.72. The number of piperidine rings is 1. The van der Waals surface area contributed by atoms with Crippen LogP contribution in [0.1, 0.15) is 19.3 Å². The van der Waals surface area contributed by atoms with E-state index in [1.54, 1.807) is 6.20 Å². The topological polar surface area (TPSA) is 55.0 Å². The SMILES string of the molecule is Nc1ncc(N2CCCCC2)c(Cl)n1. The molecule has 2 rings (SSSR count). The number of hydrogen-bond donors (Lipinski definition) is 1. The van der Waals surface area contributed by atoms with Crippen molar-refractivity contribution in [1.29, 1.82) is 0 Å². The second-order valence-electron chi connectivity index (χ2n) is 3.45. The van der Waals surface area contributed by atoms with Crippen LogP contribution in [0.25, 0.3) is 0 Å². The zero-order valence-electron chi connectivity index (χ0n) is 7.91. The molecule has 1 aromatic rings.